The maximum Gasteiger partial charge on any atom is 0.267 e. The van der Waals surface area contributed by atoms with Crippen molar-refractivity contribution in [1.29, 1.82) is 0 Å². The predicted molar refractivity (Wildman–Crippen MR) is 134 cm³/mol. The quantitative estimate of drug-likeness (QED) is 0.112. The normalized spacial score (nSPS) is 11.7. The molecule has 0 radical (unpaired) electrons. The van der Waals surface area contributed by atoms with Gasteiger partial charge in [-0.25, -0.2) is 47.2 Å². The molecule has 7 nitrogen and oxygen atoms in total. The summed E-state index contributed by atoms with van der Waals surface area (Å²) in [5.74, 6) is -12.2. The van der Waals surface area contributed by atoms with E-state index in [1.54, 1.807) is 42.5 Å². The molecule has 4 rings (SSSR count). The molecule has 18 heteroatoms. The van der Waals surface area contributed by atoms with E-state index in [4.69, 9.17) is 21.4 Å². The average molecular weight is 671 g/mol. The number of pyridine rings is 1. The fourth-order valence-corrected chi connectivity index (χ4v) is 5.48. The van der Waals surface area contributed by atoms with Crippen LogP contribution >= 0.6 is 32.0 Å². The Morgan fingerprint density at radius 3 is 1.46 bits per heavy atom. The lowest BCUT2D eigenvalue weighted by Crippen LogP contribution is -2.09. The lowest BCUT2D eigenvalue weighted by molar-refractivity contribution is 0.358. The van der Waals surface area contributed by atoms with E-state index in [0.29, 0.717) is 5.52 Å². The van der Waals surface area contributed by atoms with Crippen LogP contribution in [0, 0.1) is 29.1 Å². The minimum absolute atomic E-state index is 0.0530. The molecule has 3 aromatic carbocycles. The Kier molecular flexibility index (Phi) is 10.7. The first-order valence-corrected chi connectivity index (χ1v) is 16.5. The zero-order valence-corrected chi connectivity index (χ0v) is 23.2. The molecule has 0 fully saturated rings. The lowest BCUT2D eigenvalue weighted by Gasteiger charge is -2.04. The first-order chi connectivity index (χ1) is 17.9. The van der Waals surface area contributed by atoms with Gasteiger partial charge < -0.3 is 0 Å². The molecule has 210 valence electrons. The van der Waals surface area contributed by atoms with Crippen molar-refractivity contribution in [3.63, 3.8) is 0 Å². The van der Waals surface area contributed by atoms with E-state index in [1.807, 2.05) is 0 Å². The Balaban J connectivity index is 0.000000209. The Hall–Kier alpha value is -2.56. The number of para-hydroxylation sites is 1. The number of hydrogen-bond donors (Lipinski definition) is 0. The molecule has 4 aromatic rings. The highest BCUT2D eigenvalue weighted by molar-refractivity contribution is 8.14. The van der Waals surface area contributed by atoms with Gasteiger partial charge in [0.25, 0.3) is 27.2 Å². The summed E-state index contributed by atoms with van der Waals surface area (Å²) >= 11 is 0. The van der Waals surface area contributed by atoms with Crippen LogP contribution in [0.15, 0.2) is 81.5 Å². The van der Waals surface area contributed by atoms with Crippen molar-refractivity contribution in [2.45, 2.75) is 14.7 Å². The van der Waals surface area contributed by atoms with Crippen molar-refractivity contribution in [1.82, 2.24) is 4.98 Å². The van der Waals surface area contributed by atoms with Crippen molar-refractivity contribution in [2.75, 3.05) is 0 Å². The van der Waals surface area contributed by atoms with Crippen molar-refractivity contribution in [3.8, 4) is 0 Å². The minimum atomic E-state index is -5.05. The first kappa shape index (κ1) is 32.7. The van der Waals surface area contributed by atoms with E-state index in [-0.39, 0.29) is 9.79 Å². The molecule has 1 heterocycles. The summed E-state index contributed by atoms with van der Waals surface area (Å²) in [5, 5.41) is 0.759. The van der Waals surface area contributed by atoms with E-state index < -0.39 is 61.1 Å². The molecule has 0 saturated heterocycles. The highest BCUT2D eigenvalue weighted by atomic mass is 35.7. The molecule has 0 aliphatic heterocycles. The van der Waals surface area contributed by atoms with Gasteiger partial charge in [-0.2, -0.15) is 0 Å². The summed E-state index contributed by atoms with van der Waals surface area (Å²) in [5.41, 5.74) is 0.407. The number of nitrogens with zero attached hydrogens (tertiary/aromatic N) is 1. The van der Waals surface area contributed by atoms with Crippen molar-refractivity contribution in [2.24, 2.45) is 0 Å². The maximum absolute atomic E-state index is 12.7. The molecule has 1 aromatic heterocycles. The second kappa shape index (κ2) is 12.7. The summed E-state index contributed by atoms with van der Waals surface area (Å²) in [6.07, 6.45) is 1.54. The molecule has 0 amide bonds. The predicted octanol–water partition coefficient (Wildman–Crippen LogP) is 6.09. The summed E-state index contributed by atoms with van der Waals surface area (Å²) in [6.45, 7) is 0. The van der Waals surface area contributed by atoms with E-state index >= 15 is 0 Å². The molecule has 0 aliphatic rings. The van der Waals surface area contributed by atoms with Crippen LogP contribution in [0.1, 0.15) is 0 Å². The van der Waals surface area contributed by atoms with Gasteiger partial charge in [-0.3, -0.25) is 4.98 Å². The molecule has 0 N–H and O–H groups in total. The SMILES string of the molecule is O=S(=O)(Cl)c1c(F)c(F)c(F)c(F)c1F.O=S(=O)(Cl)c1cccc2cccnc12.O=S(=O)(Cl)c1ccccc1. The van der Waals surface area contributed by atoms with Crippen LogP contribution in [0.3, 0.4) is 0 Å². The van der Waals surface area contributed by atoms with Crippen molar-refractivity contribution in [3.05, 3.63) is 95.9 Å². The van der Waals surface area contributed by atoms with Gasteiger partial charge in [0.1, 0.15) is 4.90 Å². The van der Waals surface area contributed by atoms with Gasteiger partial charge in [-0.05, 0) is 24.3 Å². The Morgan fingerprint density at radius 1 is 0.538 bits per heavy atom. The number of aromatic nitrogens is 1. The molecule has 0 saturated carbocycles. The second-order valence-electron chi connectivity index (χ2n) is 6.86. The highest BCUT2D eigenvalue weighted by Gasteiger charge is 2.32. The fourth-order valence-electron chi connectivity index (χ4n) is 2.65. The van der Waals surface area contributed by atoms with Crippen molar-refractivity contribution >= 4 is 70.1 Å². The van der Waals surface area contributed by atoms with Crippen LogP contribution in [-0.2, 0) is 27.2 Å². The number of benzene rings is 3. The first-order valence-electron chi connectivity index (χ1n) is 9.61. The molecule has 0 spiro atoms. The van der Waals surface area contributed by atoms with Gasteiger partial charge in [0.05, 0.1) is 10.4 Å². The highest BCUT2D eigenvalue weighted by Crippen LogP contribution is 2.28. The molecule has 0 bridgehead atoms. The zero-order valence-electron chi connectivity index (χ0n) is 18.5. The van der Waals surface area contributed by atoms with Crippen LogP contribution in [0.2, 0.25) is 0 Å². The Labute approximate surface area is 232 Å². The monoisotopic (exact) mass is 669 g/mol. The van der Waals surface area contributed by atoms with Gasteiger partial charge in [0.15, 0.2) is 28.2 Å². The number of rotatable bonds is 3. The Bertz CT molecular complexity index is 1810. The summed E-state index contributed by atoms with van der Waals surface area (Å²) in [4.78, 5) is 2.12. The van der Waals surface area contributed by atoms with Crippen LogP contribution in [-0.4, -0.2) is 30.2 Å². The van der Waals surface area contributed by atoms with E-state index in [1.165, 1.54) is 24.4 Å². The van der Waals surface area contributed by atoms with Gasteiger partial charge in [-0.1, -0.05) is 36.4 Å². The van der Waals surface area contributed by atoms with E-state index in [2.05, 4.69) is 15.7 Å². The smallest absolute Gasteiger partial charge is 0.255 e. The van der Waals surface area contributed by atoms with Crippen LogP contribution in [0.5, 0.6) is 0 Å². The van der Waals surface area contributed by atoms with Gasteiger partial charge in [0.2, 0.25) is 5.82 Å². The van der Waals surface area contributed by atoms with Crippen LogP contribution < -0.4 is 0 Å². The summed E-state index contributed by atoms with van der Waals surface area (Å²) < 4.78 is 127. The molecule has 39 heavy (non-hydrogen) atoms. The third-order valence-electron chi connectivity index (χ3n) is 4.30. The average Bonchev–Trinajstić information content (AvgIpc) is 2.85. The maximum atomic E-state index is 12.7. The van der Waals surface area contributed by atoms with Gasteiger partial charge >= 0.3 is 0 Å². The van der Waals surface area contributed by atoms with E-state index in [9.17, 15) is 47.2 Å². The molecular formula is C21H11Cl3F5NO6S3. The Morgan fingerprint density at radius 2 is 1.03 bits per heavy atom. The summed E-state index contributed by atoms with van der Waals surface area (Å²) in [7, 11) is 2.50. The standard InChI is InChI=1S/C9H6ClNO2S.C6ClF5O2S.C6H5ClO2S/c10-14(12,13)8-5-1-3-7-4-2-6-11-9(7)8;7-15(13,14)6-4(11)2(9)1(8)3(10)5(6)12;7-10(8,9)6-4-2-1-3-5-6/h1-6H;;1-5H. The topological polar surface area (TPSA) is 115 Å². The summed E-state index contributed by atoms with van der Waals surface area (Å²) in [6, 6.07) is 16.3. The number of hydrogen-bond acceptors (Lipinski definition) is 7. The third kappa shape index (κ3) is 8.46. The third-order valence-corrected chi connectivity index (χ3v) is 8.33. The zero-order chi connectivity index (χ0) is 29.8. The molecule has 0 unspecified atom stereocenters. The molecule has 0 aliphatic carbocycles. The number of fused-ring (bicyclic) bond motifs is 1. The van der Waals surface area contributed by atoms with Gasteiger partial charge in [-0.15, -0.1) is 0 Å². The molecular weight excluding hydrogens is 660 g/mol. The fraction of sp³-hybridized carbons (Fsp3) is 0. The minimum Gasteiger partial charge on any atom is -0.255 e. The largest absolute Gasteiger partial charge is 0.267 e. The molecule has 0 atom stereocenters. The number of halogens is 8. The lowest BCUT2D eigenvalue weighted by atomic mass is 10.2. The van der Waals surface area contributed by atoms with Crippen LogP contribution in [0.25, 0.3) is 10.9 Å². The van der Waals surface area contributed by atoms with Gasteiger partial charge in [0, 0.05) is 43.6 Å². The second-order valence-corrected chi connectivity index (χ2v) is 14.5. The van der Waals surface area contributed by atoms with Crippen LogP contribution in [0.4, 0.5) is 22.0 Å². The van der Waals surface area contributed by atoms with E-state index in [0.717, 1.165) is 5.39 Å². The van der Waals surface area contributed by atoms with Crippen molar-refractivity contribution < 1.29 is 47.2 Å².